The third-order valence-corrected chi connectivity index (χ3v) is 19.5. The van der Waals surface area contributed by atoms with Crippen LogP contribution in [-0.2, 0) is 27.1 Å². The summed E-state index contributed by atoms with van der Waals surface area (Å²) in [5, 5.41) is 0. The van der Waals surface area contributed by atoms with Gasteiger partial charge >= 0.3 is 0 Å². The van der Waals surface area contributed by atoms with Crippen molar-refractivity contribution in [3.8, 4) is 0 Å². The molecule has 2 atom stereocenters. The lowest BCUT2D eigenvalue weighted by Crippen LogP contribution is -2.62. The fraction of sp³-hybridized carbons (Fsp3) is 0.333. The Balaban J connectivity index is 1.13. The Labute approximate surface area is 460 Å². The van der Waals surface area contributed by atoms with Gasteiger partial charge in [-0.2, -0.15) is 0 Å². The van der Waals surface area contributed by atoms with Crippen LogP contribution in [0.25, 0.3) is 0 Å². The van der Waals surface area contributed by atoms with Crippen molar-refractivity contribution >= 4 is 85.7 Å². The van der Waals surface area contributed by atoms with Gasteiger partial charge in [-0.3, -0.25) is 0 Å². The molecule has 77 heavy (non-hydrogen) atoms. The van der Waals surface area contributed by atoms with Gasteiger partial charge in [0.2, 0.25) is 0 Å². The predicted octanol–water partition coefficient (Wildman–Crippen LogP) is 17.9. The van der Waals surface area contributed by atoms with Crippen molar-refractivity contribution in [3.63, 3.8) is 0 Å². The third-order valence-electron chi connectivity index (χ3n) is 19.5. The van der Waals surface area contributed by atoms with Crippen LogP contribution in [0.4, 0.5) is 62.6 Å². The van der Waals surface area contributed by atoms with Gasteiger partial charge in [0, 0.05) is 68.0 Å². The van der Waals surface area contributed by atoms with Crippen LogP contribution in [0.2, 0.25) is 0 Å². The SMILES string of the molecule is CC(C)(C)c1cccc(N2c3cc(C(C)(C)C)ccc3B3c4cc5c(cc4N(c4ccccc4)c4cc(N6c7ccc(N(c8ccccc8)c8ccccc8)cc7C7(C)CCCCC67C)cc2c43)C(C)(C)CCC5(C)C)c1. The number of fused-ring (bicyclic) bond motifs is 8. The Kier molecular flexibility index (Phi) is 11.1. The lowest BCUT2D eigenvalue weighted by molar-refractivity contribution is 0.195. The Hall–Kier alpha value is -6.98. The van der Waals surface area contributed by atoms with Gasteiger partial charge in [-0.15, -0.1) is 0 Å². The maximum Gasteiger partial charge on any atom is 0.252 e. The number of hydrogen-bond acceptors (Lipinski definition) is 4. The Morgan fingerprint density at radius 3 is 1.57 bits per heavy atom. The van der Waals surface area contributed by atoms with Gasteiger partial charge in [-0.1, -0.05) is 174 Å². The minimum absolute atomic E-state index is 0.00660. The first-order valence-electron chi connectivity index (χ1n) is 28.8. The van der Waals surface area contributed by atoms with E-state index in [0.717, 1.165) is 30.6 Å². The first kappa shape index (κ1) is 49.6. The molecule has 388 valence electrons. The third kappa shape index (κ3) is 7.60. The predicted molar refractivity (Wildman–Crippen MR) is 331 cm³/mol. The van der Waals surface area contributed by atoms with Crippen LogP contribution in [0.1, 0.15) is 149 Å². The summed E-state index contributed by atoms with van der Waals surface area (Å²) in [5.41, 5.74) is 24.5. The molecule has 3 heterocycles. The molecule has 5 heteroatoms. The van der Waals surface area contributed by atoms with Crippen molar-refractivity contribution in [2.24, 2.45) is 0 Å². The van der Waals surface area contributed by atoms with Gasteiger partial charge in [-0.05, 0) is 189 Å². The van der Waals surface area contributed by atoms with Crippen LogP contribution in [0.3, 0.4) is 0 Å². The molecule has 2 unspecified atom stereocenters. The Morgan fingerprint density at radius 1 is 0.403 bits per heavy atom. The summed E-state index contributed by atoms with van der Waals surface area (Å²) in [4.78, 5) is 10.6. The largest absolute Gasteiger partial charge is 0.334 e. The second-order valence-electron chi connectivity index (χ2n) is 27.2. The van der Waals surface area contributed by atoms with Gasteiger partial charge in [-0.25, -0.2) is 0 Å². The molecular weight excluding hydrogens is 932 g/mol. The summed E-state index contributed by atoms with van der Waals surface area (Å²) in [5.74, 6) is 0. The first-order valence-corrected chi connectivity index (χ1v) is 28.8. The van der Waals surface area contributed by atoms with Crippen LogP contribution in [-0.4, -0.2) is 12.3 Å². The van der Waals surface area contributed by atoms with E-state index >= 15 is 0 Å². The highest BCUT2D eigenvalue weighted by atomic mass is 15.3. The molecule has 0 aromatic heterocycles. The van der Waals surface area contributed by atoms with Crippen molar-refractivity contribution in [1.82, 2.24) is 0 Å². The zero-order valence-corrected chi connectivity index (χ0v) is 47.9. The normalized spacial score (nSPS) is 20.6. The zero-order valence-electron chi connectivity index (χ0n) is 47.9. The molecule has 13 rings (SSSR count). The second-order valence-corrected chi connectivity index (χ2v) is 27.2. The van der Waals surface area contributed by atoms with E-state index in [1.54, 1.807) is 0 Å². The van der Waals surface area contributed by atoms with Crippen molar-refractivity contribution in [1.29, 1.82) is 0 Å². The number of rotatable bonds is 6. The molecule has 0 saturated heterocycles. The van der Waals surface area contributed by atoms with Crippen LogP contribution in [0.5, 0.6) is 0 Å². The molecule has 0 spiro atoms. The van der Waals surface area contributed by atoms with E-state index in [1.807, 2.05) is 0 Å². The summed E-state index contributed by atoms with van der Waals surface area (Å²) in [6, 6.07) is 68.1. The lowest BCUT2D eigenvalue weighted by Gasteiger charge is -2.51. The molecule has 1 fully saturated rings. The van der Waals surface area contributed by atoms with Gasteiger partial charge in [0.1, 0.15) is 0 Å². The van der Waals surface area contributed by atoms with Crippen molar-refractivity contribution in [2.45, 2.75) is 154 Å². The molecule has 8 aromatic carbocycles. The highest BCUT2D eigenvalue weighted by Crippen LogP contribution is 2.63. The monoisotopic (exact) mass is 1010 g/mol. The fourth-order valence-electron chi connectivity index (χ4n) is 14.7. The molecule has 3 aliphatic heterocycles. The van der Waals surface area contributed by atoms with Crippen molar-refractivity contribution in [3.05, 3.63) is 204 Å². The Bertz CT molecular complexity index is 3580. The van der Waals surface area contributed by atoms with E-state index in [0.29, 0.717) is 0 Å². The second kappa shape index (κ2) is 17.3. The van der Waals surface area contributed by atoms with Gasteiger partial charge in [0.05, 0.1) is 5.54 Å². The van der Waals surface area contributed by atoms with E-state index in [-0.39, 0.29) is 39.3 Å². The van der Waals surface area contributed by atoms with E-state index < -0.39 is 0 Å². The molecule has 8 aromatic rings. The fourth-order valence-corrected chi connectivity index (χ4v) is 14.7. The van der Waals surface area contributed by atoms with Crippen LogP contribution < -0.4 is 36.0 Å². The average molecular weight is 1010 g/mol. The number of nitrogens with zero attached hydrogens (tertiary/aromatic N) is 4. The van der Waals surface area contributed by atoms with Crippen molar-refractivity contribution in [2.75, 3.05) is 19.6 Å². The minimum Gasteiger partial charge on any atom is -0.334 e. The maximum absolute atomic E-state index is 2.83. The summed E-state index contributed by atoms with van der Waals surface area (Å²) in [6.45, 7) is 29.3. The Morgan fingerprint density at radius 2 is 0.948 bits per heavy atom. The first-order chi connectivity index (χ1) is 36.7. The molecule has 0 N–H and O–H groups in total. The van der Waals surface area contributed by atoms with Crippen LogP contribution >= 0.6 is 0 Å². The average Bonchev–Trinajstić information content (AvgIpc) is 3.68. The molecular formula is C72H77BN4. The van der Waals surface area contributed by atoms with Crippen LogP contribution in [0.15, 0.2) is 176 Å². The number of anilines is 11. The quantitative estimate of drug-likeness (QED) is 0.154. The summed E-state index contributed by atoms with van der Waals surface area (Å²) in [6.07, 6.45) is 6.96. The zero-order chi connectivity index (χ0) is 53.6. The minimum atomic E-state index is -0.210. The molecule has 1 saturated carbocycles. The lowest BCUT2D eigenvalue weighted by atomic mass is 9.33. The van der Waals surface area contributed by atoms with E-state index in [2.05, 4.69) is 279 Å². The maximum atomic E-state index is 2.83. The number of para-hydroxylation sites is 3. The van der Waals surface area contributed by atoms with Gasteiger partial charge < -0.3 is 19.6 Å². The smallest absolute Gasteiger partial charge is 0.252 e. The molecule has 5 aliphatic rings. The van der Waals surface area contributed by atoms with Crippen LogP contribution in [0, 0.1) is 0 Å². The molecule has 0 amide bonds. The van der Waals surface area contributed by atoms with Gasteiger partial charge in [0.15, 0.2) is 0 Å². The topological polar surface area (TPSA) is 13.0 Å². The number of benzene rings is 8. The molecule has 0 bridgehead atoms. The summed E-state index contributed by atoms with van der Waals surface area (Å²) in [7, 11) is 0. The van der Waals surface area contributed by atoms with E-state index in [4.69, 9.17) is 0 Å². The van der Waals surface area contributed by atoms with Gasteiger partial charge in [0.25, 0.3) is 6.71 Å². The van der Waals surface area contributed by atoms with E-state index in [9.17, 15) is 0 Å². The highest BCUT2D eigenvalue weighted by Gasteiger charge is 2.58. The summed E-state index contributed by atoms with van der Waals surface area (Å²) >= 11 is 0. The number of hydrogen-bond donors (Lipinski definition) is 0. The molecule has 0 radical (unpaired) electrons. The van der Waals surface area contributed by atoms with Crippen molar-refractivity contribution < 1.29 is 0 Å². The standard InChI is InChI=1S/C72H77BN4/c1-67(2,3)48-25-24-32-53(41-48)76-62-42-49(68(4,5)6)33-35-59(62)73-60-46-56-57(70(9,10)40-39-69(56,7)8)47-63(60)75(52-30-20-15-21-31-52)64-44-55(45-65(76)66(64)73)77-61-36-34-54(43-58(61)71(11)37-22-23-38-72(71,77)12)74(50-26-16-13-17-27-50)51-28-18-14-19-29-51/h13-21,24-36,41-47H,22-23,37-40H2,1-12H3. The van der Waals surface area contributed by atoms with E-state index in [1.165, 1.54) is 115 Å². The summed E-state index contributed by atoms with van der Waals surface area (Å²) < 4.78 is 0. The molecule has 2 aliphatic carbocycles. The molecule has 4 nitrogen and oxygen atoms in total. The highest BCUT2D eigenvalue weighted by molar-refractivity contribution is 7.00.